The van der Waals surface area contributed by atoms with Crippen LogP contribution in [0.3, 0.4) is 0 Å². The van der Waals surface area contributed by atoms with Gasteiger partial charge < -0.3 is 9.84 Å². The highest BCUT2D eigenvalue weighted by atomic mass is 16.5. The second-order valence-corrected chi connectivity index (χ2v) is 5.19. The quantitative estimate of drug-likeness (QED) is 0.755. The predicted octanol–water partition coefficient (Wildman–Crippen LogP) is 1.10. The van der Waals surface area contributed by atoms with Gasteiger partial charge in [0.1, 0.15) is 24.0 Å². The number of hydrogen-bond acceptors (Lipinski definition) is 6. The SMILES string of the molecule is N#Cc1ccc(OCC(O)Cn2nnc3ccccc3c2=O)cc1. The second kappa shape index (κ2) is 6.89. The Labute approximate surface area is 137 Å². The number of hydrogen-bond donors (Lipinski definition) is 1. The van der Waals surface area contributed by atoms with Gasteiger partial charge in [-0.1, -0.05) is 17.3 Å². The Kier molecular flexibility index (Phi) is 4.50. The van der Waals surface area contributed by atoms with Gasteiger partial charge in [0.2, 0.25) is 0 Å². The maximum atomic E-state index is 12.3. The fourth-order valence-electron chi connectivity index (χ4n) is 2.21. The van der Waals surface area contributed by atoms with E-state index in [4.69, 9.17) is 10.00 Å². The Hall–Kier alpha value is -3.24. The summed E-state index contributed by atoms with van der Waals surface area (Å²) in [5, 5.41) is 27.0. The molecule has 0 aliphatic carbocycles. The standard InChI is InChI=1S/C17H14N4O3/c18-9-12-5-7-14(8-6-12)24-11-13(22)10-21-17(23)15-3-1-2-4-16(15)19-20-21/h1-8,13,22H,10-11H2. The first-order valence-electron chi connectivity index (χ1n) is 7.31. The van der Waals surface area contributed by atoms with E-state index in [2.05, 4.69) is 10.3 Å². The van der Waals surface area contributed by atoms with Gasteiger partial charge in [-0.05, 0) is 36.4 Å². The van der Waals surface area contributed by atoms with Crippen molar-refractivity contribution in [2.24, 2.45) is 0 Å². The first-order valence-corrected chi connectivity index (χ1v) is 7.31. The van der Waals surface area contributed by atoms with Crippen LogP contribution >= 0.6 is 0 Å². The molecule has 120 valence electrons. The summed E-state index contributed by atoms with van der Waals surface area (Å²) in [6, 6.07) is 15.5. The zero-order valence-corrected chi connectivity index (χ0v) is 12.7. The monoisotopic (exact) mass is 322 g/mol. The molecule has 0 saturated carbocycles. The lowest BCUT2D eigenvalue weighted by Gasteiger charge is -2.13. The highest BCUT2D eigenvalue weighted by Crippen LogP contribution is 2.12. The van der Waals surface area contributed by atoms with Crippen LogP contribution in [0.15, 0.2) is 53.3 Å². The van der Waals surface area contributed by atoms with Crippen LogP contribution in [0.4, 0.5) is 0 Å². The van der Waals surface area contributed by atoms with Gasteiger partial charge in [-0.2, -0.15) is 5.26 Å². The van der Waals surface area contributed by atoms with Crippen molar-refractivity contribution in [1.82, 2.24) is 15.0 Å². The number of aliphatic hydroxyl groups is 1. The van der Waals surface area contributed by atoms with Crippen LogP contribution in [-0.2, 0) is 6.54 Å². The number of fused-ring (bicyclic) bond motifs is 1. The third kappa shape index (κ3) is 3.39. The van der Waals surface area contributed by atoms with Gasteiger partial charge in [-0.3, -0.25) is 4.79 Å². The molecule has 2 aromatic carbocycles. The summed E-state index contributed by atoms with van der Waals surface area (Å²) in [4.78, 5) is 12.3. The molecule has 1 N–H and O–H groups in total. The summed E-state index contributed by atoms with van der Waals surface area (Å²) in [5.41, 5.74) is 0.737. The molecule has 1 atom stereocenters. The first kappa shape index (κ1) is 15.6. The molecule has 1 aromatic heterocycles. The van der Waals surface area contributed by atoms with Crippen LogP contribution in [-0.4, -0.2) is 32.8 Å². The first-order chi connectivity index (χ1) is 11.7. The fraction of sp³-hybridized carbons (Fsp3) is 0.176. The zero-order valence-electron chi connectivity index (χ0n) is 12.7. The largest absolute Gasteiger partial charge is 0.491 e. The fourth-order valence-corrected chi connectivity index (χ4v) is 2.21. The van der Waals surface area contributed by atoms with E-state index in [0.717, 1.165) is 4.68 Å². The molecule has 3 rings (SSSR count). The molecule has 0 radical (unpaired) electrons. The van der Waals surface area contributed by atoms with Crippen LogP contribution < -0.4 is 10.3 Å². The second-order valence-electron chi connectivity index (χ2n) is 5.19. The van der Waals surface area contributed by atoms with Gasteiger partial charge in [0, 0.05) is 0 Å². The molecule has 0 aliphatic rings. The Balaban J connectivity index is 1.66. The minimum Gasteiger partial charge on any atom is -0.491 e. The molecule has 3 aromatic rings. The maximum absolute atomic E-state index is 12.3. The van der Waals surface area contributed by atoms with Crippen LogP contribution in [0, 0.1) is 11.3 Å². The number of nitrogens with zero attached hydrogens (tertiary/aromatic N) is 4. The van der Waals surface area contributed by atoms with Gasteiger partial charge in [-0.25, -0.2) is 4.68 Å². The van der Waals surface area contributed by atoms with Crippen molar-refractivity contribution in [2.45, 2.75) is 12.6 Å². The zero-order chi connectivity index (χ0) is 16.9. The van der Waals surface area contributed by atoms with Crippen molar-refractivity contribution in [3.05, 3.63) is 64.4 Å². The number of benzene rings is 2. The molecule has 0 fully saturated rings. The lowest BCUT2D eigenvalue weighted by Crippen LogP contribution is -2.32. The number of aromatic nitrogens is 3. The summed E-state index contributed by atoms with van der Waals surface area (Å²) in [5.74, 6) is 0.532. The topological polar surface area (TPSA) is 101 Å². The van der Waals surface area contributed by atoms with Crippen LogP contribution in [0.1, 0.15) is 5.56 Å². The lowest BCUT2D eigenvalue weighted by molar-refractivity contribution is 0.0873. The average molecular weight is 322 g/mol. The van der Waals surface area contributed by atoms with Crippen molar-refractivity contribution >= 4 is 10.9 Å². The molecule has 0 spiro atoms. The molecular formula is C17H14N4O3. The molecule has 0 aliphatic heterocycles. The third-order valence-electron chi connectivity index (χ3n) is 3.44. The number of nitriles is 1. The van der Waals surface area contributed by atoms with E-state index >= 15 is 0 Å². The Morgan fingerprint density at radius 1 is 1.21 bits per heavy atom. The van der Waals surface area contributed by atoms with E-state index in [1.54, 1.807) is 48.5 Å². The maximum Gasteiger partial charge on any atom is 0.277 e. The summed E-state index contributed by atoms with van der Waals surface area (Å²) in [7, 11) is 0. The molecule has 24 heavy (non-hydrogen) atoms. The number of ether oxygens (including phenoxy) is 1. The molecule has 7 heteroatoms. The average Bonchev–Trinajstić information content (AvgIpc) is 2.63. The molecule has 1 heterocycles. The Morgan fingerprint density at radius 3 is 2.71 bits per heavy atom. The number of rotatable bonds is 5. The van der Waals surface area contributed by atoms with Crippen molar-refractivity contribution in [2.75, 3.05) is 6.61 Å². The van der Waals surface area contributed by atoms with E-state index in [0.29, 0.717) is 22.2 Å². The molecular weight excluding hydrogens is 308 g/mol. The van der Waals surface area contributed by atoms with Gasteiger partial charge in [0.15, 0.2) is 0 Å². The van der Waals surface area contributed by atoms with Crippen LogP contribution in [0.25, 0.3) is 10.9 Å². The van der Waals surface area contributed by atoms with Gasteiger partial charge in [-0.15, -0.1) is 5.10 Å². The van der Waals surface area contributed by atoms with Crippen LogP contribution in [0.5, 0.6) is 5.75 Å². The highest BCUT2D eigenvalue weighted by molar-refractivity contribution is 5.76. The highest BCUT2D eigenvalue weighted by Gasteiger charge is 2.11. The molecule has 0 saturated heterocycles. The molecule has 0 bridgehead atoms. The predicted molar refractivity (Wildman–Crippen MR) is 86.5 cm³/mol. The summed E-state index contributed by atoms with van der Waals surface area (Å²) >= 11 is 0. The minimum atomic E-state index is -0.922. The summed E-state index contributed by atoms with van der Waals surface area (Å²) in [6.45, 7) is -0.0280. The van der Waals surface area contributed by atoms with Gasteiger partial charge >= 0.3 is 0 Å². The third-order valence-corrected chi connectivity index (χ3v) is 3.44. The molecule has 0 amide bonds. The van der Waals surface area contributed by atoms with Crippen LogP contribution in [0.2, 0.25) is 0 Å². The Morgan fingerprint density at radius 2 is 1.96 bits per heavy atom. The van der Waals surface area contributed by atoms with E-state index in [-0.39, 0.29) is 18.7 Å². The van der Waals surface area contributed by atoms with Crippen molar-refractivity contribution in [3.8, 4) is 11.8 Å². The van der Waals surface area contributed by atoms with Gasteiger partial charge in [0.05, 0.1) is 23.6 Å². The minimum absolute atomic E-state index is 0.00710. The van der Waals surface area contributed by atoms with Crippen molar-refractivity contribution in [1.29, 1.82) is 5.26 Å². The number of aliphatic hydroxyl groups excluding tert-OH is 1. The van der Waals surface area contributed by atoms with Crippen molar-refractivity contribution in [3.63, 3.8) is 0 Å². The normalized spacial score (nSPS) is 11.8. The van der Waals surface area contributed by atoms with E-state index in [9.17, 15) is 9.90 Å². The smallest absolute Gasteiger partial charge is 0.277 e. The van der Waals surface area contributed by atoms with Crippen molar-refractivity contribution < 1.29 is 9.84 Å². The summed E-state index contributed by atoms with van der Waals surface area (Å²) < 4.78 is 6.56. The summed E-state index contributed by atoms with van der Waals surface area (Å²) in [6.07, 6.45) is -0.922. The Bertz CT molecular complexity index is 944. The van der Waals surface area contributed by atoms with E-state index in [1.807, 2.05) is 6.07 Å². The van der Waals surface area contributed by atoms with E-state index < -0.39 is 6.10 Å². The molecule has 7 nitrogen and oxygen atoms in total. The van der Waals surface area contributed by atoms with Gasteiger partial charge in [0.25, 0.3) is 5.56 Å². The van der Waals surface area contributed by atoms with E-state index in [1.165, 1.54) is 0 Å². The lowest BCUT2D eigenvalue weighted by atomic mass is 10.2. The molecule has 1 unspecified atom stereocenters.